The van der Waals surface area contributed by atoms with E-state index in [1.54, 1.807) is 36.7 Å². The summed E-state index contributed by atoms with van der Waals surface area (Å²) in [4.78, 5) is 27.6. The van der Waals surface area contributed by atoms with Crippen molar-refractivity contribution in [2.24, 2.45) is 0 Å². The van der Waals surface area contributed by atoms with Gasteiger partial charge in [-0.25, -0.2) is 0 Å². The van der Waals surface area contributed by atoms with Gasteiger partial charge >= 0.3 is 0 Å². The molecule has 108 valence electrons. The Balaban J connectivity index is 1.81. The van der Waals surface area contributed by atoms with Crippen LogP contribution in [-0.2, 0) is 4.79 Å². The lowest BCUT2D eigenvalue weighted by atomic mass is 10.1. The minimum absolute atomic E-state index is 0.0572. The molecule has 2 aromatic rings. The summed E-state index contributed by atoms with van der Waals surface area (Å²) in [6, 6.07) is 12.3. The monoisotopic (exact) mass is 283 g/mol. The highest BCUT2D eigenvalue weighted by Crippen LogP contribution is 2.09. The fraction of sp³-hybridized carbons (Fsp3) is 0.188. The molecule has 0 radical (unpaired) electrons. The van der Waals surface area contributed by atoms with Crippen LogP contribution in [0.5, 0.6) is 0 Å². The zero-order valence-corrected chi connectivity index (χ0v) is 11.7. The van der Waals surface area contributed by atoms with Crippen molar-refractivity contribution >= 4 is 11.8 Å². The topological polar surface area (TPSA) is 71.1 Å². The summed E-state index contributed by atoms with van der Waals surface area (Å²) in [5.41, 5.74) is 1.45. The zero-order chi connectivity index (χ0) is 15.1. The molecule has 0 aliphatic heterocycles. The van der Waals surface area contributed by atoms with Crippen LogP contribution in [-0.4, -0.2) is 23.3 Å². The first-order valence-corrected chi connectivity index (χ1v) is 6.69. The Labute approximate surface area is 123 Å². The van der Waals surface area contributed by atoms with Gasteiger partial charge in [0.25, 0.3) is 5.91 Å². The van der Waals surface area contributed by atoms with E-state index in [2.05, 4.69) is 15.6 Å². The van der Waals surface area contributed by atoms with Crippen LogP contribution in [0.1, 0.15) is 28.9 Å². The highest BCUT2D eigenvalue weighted by molar-refractivity contribution is 5.96. The van der Waals surface area contributed by atoms with Crippen LogP contribution >= 0.6 is 0 Å². The average molecular weight is 283 g/mol. The second-order valence-corrected chi connectivity index (χ2v) is 4.62. The summed E-state index contributed by atoms with van der Waals surface area (Å²) in [6.07, 6.45) is 3.38. The largest absolute Gasteiger partial charge is 0.348 e. The first-order valence-electron chi connectivity index (χ1n) is 6.69. The van der Waals surface area contributed by atoms with Crippen molar-refractivity contribution < 1.29 is 9.59 Å². The third-order valence-electron chi connectivity index (χ3n) is 3.01. The summed E-state index contributed by atoms with van der Waals surface area (Å²) >= 11 is 0. The van der Waals surface area contributed by atoms with Gasteiger partial charge in [0.05, 0.1) is 12.6 Å². The lowest BCUT2D eigenvalue weighted by molar-refractivity contribution is -0.120. The number of nitrogens with zero attached hydrogens (tertiary/aromatic N) is 1. The minimum Gasteiger partial charge on any atom is -0.348 e. The Morgan fingerprint density at radius 1 is 1.14 bits per heavy atom. The number of carbonyl (C=O) groups excluding carboxylic acids is 2. The summed E-state index contributed by atoms with van der Waals surface area (Å²) in [5.74, 6) is -0.504. The van der Waals surface area contributed by atoms with Crippen LogP contribution in [0, 0.1) is 0 Å². The summed E-state index contributed by atoms with van der Waals surface area (Å²) < 4.78 is 0. The summed E-state index contributed by atoms with van der Waals surface area (Å²) in [6.45, 7) is 1.81. The number of benzene rings is 1. The maximum absolute atomic E-state index is 11.8. The van der Waals surface area contributed by atoms with E-state index in [0.717, 1.165) is 5.56 Å². The van der Waals surface area contributed by atoms with Gasteiger partial charge < -0.3 is 10.6 Å². The van der Waals surface area contributed by atoms with Gasteiger partial charge in [0.15, 0.2) is 0 Å². The molecule has 5 nitrogen and oxygen atoms in total. The van der Waals surface area contributed by atoms with Gasteiger partial charge in [-0.05, 0) is 30.7 Å². The van der Waals surface area contributed by atoms with Crippen molar-refractivity contribution in [2.45, 2.75) is 13.0 Å². The second kappa shape index (κ2) is 7.19. The standard InChI is InChI=1S/C16H17N3O2/c1-12(14-8-5-9-17-10-14)19-15(20)11-18-16(21)13-6-3-2-4-7-13/h2-10,12H,11H2,1H3,(H,18,21)(H,19,20). The van der Waals surface area contributed by atoms with Gasteiger partial charge in [0, 0.05) is 18.0 Å². The van der Waals surface area contributed by atoms with Gasteiger partial charge in [0.2, 0.25) is 5.91 Å². The lowest BCUT2D eigenvalue weighted by Crippen LogP contribution is -2.38. The molecule has 1 atom stereocenters. The molecular weight excluding hydrogens is 266 g/mol. The van der Waals surface area contributed by atoms with Crippen LogP contribution in [0.15, 0.2) is 54.9 Å². The molecule has 0 aliphatic carbocycles. The molecule has 1 unspecified atom stereocenters. The average Bonchev–Trinajstić information content (AvgIpc) is 2.54. The molecule has 2 rings (SSSR count). The van der Waals surface area contributed by atoms with E-state index in [1.807, 2.05) is 25.1 Å². The molecule has 2 amide bonds. The quantitative estimate of drug-likeness (QED) is 0.877. The molecule has 2 N–H and O–H groups in total. The van der Waals surface area contributed by atoms with E-state index in [1.165, 1.54) is 0 Å². The van der Waals surface area contributed by atoms with E-state index in [9.17, 15) is 9.59 Å². The first kappa shape index (κ1) is 14.7. The van der Waals surface area contributed by atoms with Gasteiger partial charge in [-0.1, -0.05) is 24.3 Å². The second-order valence-electron chi connectivity index (χ2n) is 4.62. The van der Waals surface area contributed by atoms with E-state index >= 15 is 0 Å². The van der Waals surface area contributed by atoms with E-state index in [0.29, 0.717) is 5.56 Å². The maximum Gasteiger partial charge on any atom is 0.251 e. The highest BCUT2D eigenvalue weighted by Gasteiger charge is 2.11. The number of aromatic nitrogens is 1. The van der Waals surface area contributed by atoms with E-state index < -0.39 is 0 Å². The Bertz CT molecular complexity index is 599. The van der Waals surface area contributed by atoms with Crippen molar-refractivity contribution in [3.05, 3.63) is 66.0 Å². The van der Waals surface area contributed by atoms with Crippen molar-refractivity contribution in [1.82, 2.24) is 15.6 Å². The predicted molar refractivity (Wildman–Crippen MR) is 79.6 cm³/mol. The number of hydrogen-bond donors (Lipinski definition) is 2. The van der Waals surface area contributed by atoms with Gasteiger partial charge in [-0.3, -0.25) is 14.6 Å². The molecule has 0 fully saturated rings. The van der Waals surface area contributed by atoms with Gasteiger partial charge in [-0.15, -0.1) is 0 Å². The third-order valence-corrected chi connectivity index (χ3v) is 3.01. The normalized spacial score (nSPS) is 11.5. The predicted octanol–water partition coefficient (Wildman–Crippen LogP) is 1.69. The Morgan fingerprint density at radius 3 is 2.57 bits per heavy atom. The third kappa shape index (κ3) is 4.42. The Kier molecular flexibility index (Phi) is 5.04. The fourth-order valence-corrected chi connectivity index (χ4v) is 1.86. The molecule has 1 aromatic heterocycles. The lowest BCUT2D eigenvalue weighted by Gasteiger charge is -2.14. The maximum atomic E-state index is 11.8. The fourth-order valence-electron chi connectivity index (χ4n) is 1.86. The van der Waals surface area contributed by atoms with Crippen LogP contribution in [0.25, 0.3) is 0 Å². The first-order chi connectivity index (χ1) is 10.2. The van der Waals surface area contributed by atoms with Crippen molar-refractivity contribution in [3.63, 3.8) is 0 Å². The molecule has 0 saturated heterocycles. The van der Waals surface area contributed by atoms with Crippen LogP contribution in [0.4, 0.5) is 0 Å². The Morgan fingerprint density at radius 2 is 1.90 bits per heavy atom. The summed E-state index contributed by atoms with van der Waals surface area (Å²) in [7, 11) is 0. The van der Waals surface area contributed by atoms with Crippen molar-refractivity contribution in [2.75, 3.05) is 6.54 Å². The van der Waals surface area contributed by atoms with Crippen LogP contribution in [0.3, 0.4) is 0 Å². The minimum atomic E-state index is -0.264. The summed E-state index contributed by atoms with van der Waals surface area (Å²) in [5, 5.41) is 5.40. The number of hydrogen-bond acceptors (Lipinski definition) is 3. The molecule has 1 aromatic carbocycles. The molecule has 5 heteroatoms. The van der Waals surface area contributed by atoms with Gasteiger partial charge in [0.1, 0.15) is 0 Å². The number of amides is 2. The number of carbonyl (C=O) groups is 2. The van der Waals surface area contributed by atoms with Crippen LogP contribution in [0.2, 0.25) is 0 Å². The molecule has 21 heavy (non-hydrogen) atoms. The number of rotatable bonds is 5. The molecule has 0 saturated carbocycles. The highest BCUT2D eigenvalue weighted by atomic mass is 16.2. The van der Waals surface area contributed by atoms with Gasteiger partial charge in [-0.2, -0.15) is 0 Å². The van der Waals surface area contributed by atoms with E-state index in [4.69, 9.17) is 0 Å². The number of pyridine rings is 1. The zero-order valence-electron chi connectivity index (χ0n) is 11.7. The van der Waals surface area contributed by atoms with Crippen molar-refractivity contribution in [3.8, 4) is 0 Å². The molecule has 0 bridgehead atoms. The number of nitrogens with one attached hydrogen (secondary N) is 2. The molecule has 0 aliphatic rings. The van der Waals surface area contributed by atoms with E-state index in [-0.39, 0.29) is 24.4 Å². The van der Waals surface area contributed by atoms with Crippen LogP contribution < -0.4 is 10.6 Å². The molecular formula is C16H17N3O2. The Hall–Kier alpha value is -2.69. The molecule has 0 spiro atoms. The molecule has 1 heterocycles. The van der Waals surface area contributed by atoms with Crippen molar-refractivity contribution in [1.29, 1.82) is 0 Å². The SMILES string of the molecule is CC(NC(=O)CNC(=O)c1ccccc1)c1cccnc1. The smallest absolute Gasteiger partial charge is 0.251 e.